The van der Waals surface area contributed by atoms with Crippen LogP contribution in [0.2, 0.25) is 0 Å². The van der Waals surface area contributed by atoms with E-state index in [1.807, 2.05) is 6.08 Å². The lowest BCUT2D eigenvalue weighted by atomic mass is 9.83. The predicted octanol–water partition coefficient (Wildman–Crippen LogP) is 4.86. The molecule has 0 spiro atoms. The molecule has 1 N–H and O–H groups in total. The Balaban J connectivity index is 1.96. The van der Waals surface area contributed by atoms with Crippen LogP contribution in [-0.4, -0.2) is 30.3 Å². The number of fused-ring (bicyclic) bond motifs is 1. The van der Waals surface area contributed by atoms with Crippen molar-refractivity contribution in [1.29, 1.82) is 0 Å². The van der Waals surface area contributed by atoms with Gasteiger partial charge in [-0.05, 0) is 76.9 Å². The summed E-state index contributed by atoms with van der Waals surface area (Å²) in [5, 5.41) is 3.66. The first-order valence-corrected chi connectivity index (χ1v) is 10.6. The molecular weight excluding hydrogens is 332 g/mol. The molecule has 1 aliphatic heterocycles. The zero-order valence-electron chi connectivity index (χ0n) is 17.8. The van der Waals surface area contributed by atoms with Crippen LogP contribution in [-0.2, 0) is 17.8 Å². The van der Waals surface area contributed by atoms with Crippen LogP contribution in [0.4, 0.5) is 0 Å². The molecule has 0 radical (unpaired) electrons. The van der Waals surface area contributed by atoms with E-state index in [1.165, 1.54) is 47.9 Å². The Bertz CT molecular complexity index is 722. The molecule has 0 bridgehead atoms. The quantitative estimate of drug-likeness (QED) is 0.608. The topological polar surface area (TPSA) is 32.3 Å². The molecule has 3 heteroatoms. The second kappa shape index (κ2) is 8.18. The molecular formula is C24H36N2O. The number of aryl methyl sites for hydroxylation is 1. The van der Waals surface area contributed by atoms with Gasteiger partial charge in [-0.3, -0.25) is 4.79 Å². The number of hydrogen-bond acceptors (Lipinski definition) is 3. The molecule has 3 nitrogen and oxygen atoms in total. The summed E-state index contributed by atoms with van der Waals surface area (Å²) in [5.41, 5.74) is 6.26. The molecule has 148 valence electrons. The first-order chi connectivity index (χ1) is 12.7. The second-order valence-corrected chi connectivity index (χ2v) is 9.51. The van der Waals surface area contributed by atoms with Gasteiger partial charge in [0.15, 0.2) is 5.78 Å². The maximum absolute atomic E-state index is 13.0. The number of carbonyl (C=O) groups excluding carboxylic acids is 1. The lowest BCUT2D eigenvalue weighted by Gasteiger charge is -2.36. The fourth-order valence-corrected chi connectivity index (χ4v) is 4.61. The fourth-order valence-electron chi connectivity index (χ4n) is 4.61. The molecule has 1 aromatic carbocycles. The summed E-state index contributed by atoms with van der Waals surface area (Å²) in [7, 11) is 4.21. The van der Waals surface area contributed by atoms with Gasteiger partial charge in [0.2, 0.25) is 0 Å². The summed E-state index contributed by atoms with van der Waals surface area (Å²) in [6.45, 7) is 7.58. The van der Waals surface area contributed by atoms with E-state index in [2.05, 4.69) is 57.2 Å². The smallest absolute Gasteiger partial charge is 0.160 e. The van der Waals surface area contributed by atoms with Gasteiger partial charge in [0.05, 0.1) is 0 Å². The van der Waals surface area contributed by atoms with Gasteiger partial charge in [-0.2, -0.15) is 0 Å². The Kier molecular flexibility index (Phi) is 6.10. The van der Waals surface area contributed by atoms with Crippen molar-refractivity contribution in [2.75, 3.05) is 14.1 Å². The summed E-state index contributed by atoms with van der Waals surface area (Å²) in [5.74, 6) is 0.528. The lowest BCUT2D eigenvalue weighted by molar-refractivity contribution is -0.118. The van der Waals surface area contributed by atoms with Crippen LogP contribution in [0.3, 0.4) is 0 Å². The summed E-state index contributed by atoms with van der Waals surface area (Å²) < 4.78 is 0. The van der Waals surface area contributed by atoms with E-state index in [0.717, 1.165) is 31.5 Å². The summed E-state index contributed by atoms with van der Waals surface area (Å²) in [4.78, 5) is 15.2. The summed E-state index contributed by atoms with van der Waals surface area (Å²) >= 11 is 0. The largest absolute Gasteiger partial charge is 0.379 e. The highest BCUT2D eigenvalue weighted by molar-refractivity contribution is 5.98. The molecule has 0 saturated heterocycles. The van der Waals surface area contributed by atoms with Crippen LogP contribution in [0.1, 0.15) is 74.6 Å². The fraction of sp³-hybridized carbons (Fsp3) is 0.625. The van der Waals surface area contributed by atoms with Gasteiger partial charge in [-0.15, -0.1) is 0 Å². The number of ketones is 1. The second-order valence-electron chi connectivity index (χ2n) is 9.51. The average Bonchev–Trinajstić information content (AvgIpc) is 2.84. The molecule has 0 aromatic heterocycles. The molecule has 1 heterocycles. The van der Waals surface area contributed by atoms with Gasteiger partial charge in [0, 0.05) is 35.3 Å². The maximum Gasteiger partial charge on any atom is 0.160 e. The number of nitrogens with one attached hydrogen (secondary N) is 1. The Labute approximate surface area is 165 Å². The molecule has 2 aliphatic rings. The third kappa shape index (κ3) is 5.01. The minimum atomic E-state index is -0.0297. The Morgan fingerprint density at radius 2 is 1.85 bits per heavy atom. The van der Waals surface area contributed by atoms with Crippen LogP contribution in [0.25, 0.3) is 5.70 Å². The van der Waals surface area contributed by atoms with E-state index in [9.17, 15) is 4.79 Å². The monoisotopic (exact) mass is 368 g/mol. The highest BCUT2D eigenvalue weighted by atomic mass is 16.1. The van der Waals surface area contributed by atoms with E-state index in [0.29, 0.717) is 5.78 Å². The van der Waals surface area contributed by atoms with Crippen molar-refractivity contribution < 1.29 is 4.79 Å². The molecule has 0 atom stereocenters. The Morgan fingerprint density at radius 1 is 1.19 bits per heavy atom. The Hall–Kier alpha value is -1.61. The normalized spacial score (nSPS) is 21.6. The predicted molar refractivity (Wildman–Crippen MR) is 114 cm³/mol. The van der Waals surface area contributed by atoms with Gasteiger partial charge < -0.3 is 10.2 Å². The van der Waals surface area contributed by atoms with E-state index < -0.39 is 0 Å². The molecule has 1 saturated carbocycles. The zero-order valence-corrected chi connectivity index (χ0v) is 17.8. The van der Waals surface area contributed by atoms with Crippen molar-refractivity contribution in [2.45, 2.75) is 77.8 Å². The molecule has 0 unspecified atom stereocenters. The number of carbonyl (C=O) groups is 1. The van der Waals surface area contributed by atoms with Crippen LogP contribution >= 0.6 is 0 Å². The van der Waals surface area contributed by atoms with Crippen molar-refractivity contribution in [3.63, 3.8) is 0 Å². The number of benzene rings is 1. The number of allylic oxidation sites excluding steroid dienone is 1. The van der Waals surface area contributed by atoms with Crippen LogP contribution in [0.15, 0.2) is 18.2 Å². The highest BCUT2D eigenvalue weighted by Gasteiger charge is 2.29. The number of rotatable bonds is 4. The van der Waals surface area contributed by atoms with Crippen molar-refractivity contribution >= 4 is 11.5 Å². The maximum atomic E-state index is 13.0. The zero-order chi connectivity index (χ0) is 19.6. The molecule has 1 aliphatic carbocycles. The molecule has 1 aromatic rings. The third-order valence-corrected chi connectivity index (χ3v) is 5.99. The van der Waals surface area contributed by atoms with Gasteiger partial charge >= 0.3 is 0 Å². The van der Waals surface area contributed by atoms with Crippen LogP contribution in [0.5, 0.6) is 0 Å². The number of hydrogen-bond donors (Lipinski definition) is 1. The standard InChI is InChI=1S/C24H36N2O/c1-17-12-19-15-24(2,3)25-22(21(19)13-20(17)16-26(4)5)14-23(27)18-10-8-6-7-9-11-18/h12-14,18,25H,6-11,15-16H2,1-5H3/b22-14-. The van der Waals surface area contributed by atoms with Gasteiger partial charge in [0.25, 0.3) is 0 Å². The molecule has 1 fully saturated rings. The van der Waals surface area contributed by atoms with Crippen molar-refractivity contribution in [2.24, 2.45) is 5.92 Å². The van der Waals surface area contributed by atoms with Crippen LogP contribution < -0.4 is 5.32 Å². The van der Waals surface area contributed by atoms with E-state index in [1.54, 1.807) is 0 Å². The van der Waals surface area contributed by atoms with Gasteiger partial charge in [-0.25, -0.2) is 0 Å². The third-order valence-electron chi connectivity index (χ3n) is 5.99. The Morgan fingerprint density at radius 3 is 2.48 bits per heavy atom. The summed E-state index contributed by atoms with van der Waals surface area (Å²) in [6.07, 6.45) is 9.97. The first kappa shape index (κ1) is 20.1. The van der Waals surface area contributed by atoms with Gasteiger partial charge in [-0.1, -0.05) is 31.7 Å². The molecule has 27 heavy (non-hydrogen) atoms. The summed E-state index contributed by atoms with van der Waals surface area (Å²) in [6, 6.07) is 4.64. The van der Waals surface area contributed by atoms with E-state index >= 15 is 0 Å². The molecule has 3 rings (SSSR count). The van der Waals surface area contributed by atoms with Crippen molar-refractivity contribution in [1.82, 2.24) is 10.2 Å². The van der Waals surface area contributed by atoms with Crippen molar-refractivity contribution in [3.8, 4) is 0 Å². The molecule has 0 amide bonds. The lowest BCUT2D eigenvalue weighted by Crippen LogP contribution is -2.44. The highest BCUT2D eigenvalue weighted by Crippen LogP contribution is 2.33. The van der Waals surface area contributed by atoms with Gasteiger partial charge in [0.1, 0.15) is 0 Å². The number of nitrogens with zero attached hydrogens (tertiary/aromatic N) is 1. The van der Waals surface area contributed by atoms with Crippen molar-refractivity contribution in [3.05, 3.63) is 40.5 Å². The minimum Gasteiger partial charge on any atom is -0.379 e. The average molecular weight is 369 g/mol. The van der Waals surface area contributed by atoms with Crippen LogP contribution in [0, 0.1) is 12.8 Å². The van der Waals surface area contributed by atoms with E-state index in [4.69, 9.17) is 0 Å². The van der Waals surface area contributed by atoms with E-state index in [-0.39, 0.29) is 11.5 Å². The first-order valence-electron chi connectivity index (χ1n) is 10.6. The SMILES string of the molecule is Cc1cc2c(cc1CN(C)C)/C(=C/C(=O)C1CCCCCC1)NC(C)(C)C2. The minimum absolute atomic E-state index is 0.0297.